The summed E-state index contributed by atoms with van der Waals surface area (Å²) in [5.74, 6) is 3.37. The Bertz CT molecular complexity index is 2340. The predicted molar refractivity (Wildman–Crippen MR) is 197 cm³/mol. The topological polar surface area (TPSA) is 16.4 Å². The SMILES string of the molecule is c1ccc(N(c2ccc(-c3ccc4c(c3)oc3ccccc34)cc2)c2ccc3c(c2)C2(c4ccccc4-3)C3CC4CC(C3)CC2C4)cc1. The first-order chi connectivity index (χ1) is 23.7. The van der Waals surface area contributed by atoms with E-state index in [1.165, 1.54) is 76.8 Å². The maximum Gasteiger partial charge on any atom is 0.136 e. The van der Waals surface area contributed by atoms with Crippen molar-refractivity contribution in [2.45, 2.75) is 37.5 Å². The van der Waals surface area contributed by atoms with Crippen molar-refractivity contribution in [3.63, 3.8) is 0 Å². The van der Waals surface area contributed by atoms with E-state index in [0.717, 1.165) is 40.2 Å². The van der Waals surface area contributed by atoms with E-state index in [1.807, 2.05) is 12.1 Å². The van der Waals surface area contributed by atoms with Crippen LogP contribution in [0.1, 0.15) is 43.2 Å². The molecule has 232 valence electrons. The van der Waals surface area contributed by atoms with Crippen LogP contribution in [0.3, 0.4) is 0 Å². The largest absolute Gasteiger partial charge is 0.456 e. The van der Waals surface area contributed by atoms with E-state index in [2.05, 4.69) is 132 Å². The van der Waals surface area contributed by atoms with Crippen LogP contribution in [0.4, 0.5) is 17.1 Å². The first-order valence-corrected chi connectivity index (χ1v) is 17.9. The third-order valence-electron chi connectivity index (χ3n) is 12.6. The Morgan fingerprint density at radius 3 is 1.90 bits per heavy atom. The second-order valence-electron chi connectivity index (χ2n) is 15.0. The molecule has 0 radical (unpaired) electrons. The van der Waals surface area contributed by atoms with Crippen molar-refractivity contribution in [1.82, 2.24) is 0 Å². The van der Waals surface area contributed by atoms with Gasteiger partial charge in [-0.15, -0.1) is 0 Å². The molecule has 0 N–H and O–H groups in total. The van der Waals surface area contributed by atoms with Crippen molar-refractivity contribution in [3.05, 3.63) is 151 Å². The number of furan rings is 1. The quantitative estimate of drug-likeness (QED) is 0.195. The number of rotatable bonds is 4. The summed E-state index contributed by atoms with van der Waals surface area (Å²) in [5.41, 5.74) is 14.1. The molecule has 0 saturated heterocycles. The van der Waals surface area contributed by atoms with Gasteiger partial charge in [-0.05, 0) is 144 Å². The van der Waals surface area contributed by atoms with Crippen molar-refractivity contribution < 1.29 is 4.42 Å². The lowest BCUT2D eigenvalue weighted by atomic mass is 9.43. The van der Waals surface area contributed by atoms with Crippen LogP contribution in [-0.4, -0.2) is 0 Å². The van der Waals surface area contributed by atoms with Crippen LogP contribution in [0, 0.1) is 23.7 Å². The van der Waals surface area contributed by atoms with E-state index in [9.17, 15) is 0 Å². The number of benzene rings is 6. The Hall–Kier alpha value is -5.08. The van der Waals surface area contributed by atoms with Crippen molar-refractivity contribution in [2.24, 2.45) is 23.7 Å². The number of anilines is 3. The van der Waals surface area contributed by atoms with Crippen molar-refractivity contribution in [1.29, 1.82) is 0 Å². The smallest absolute Gasteiger partial charge is 0.136 e. The van der Waals surface area contributed by atoms with E-state index in [-0.39, 0.29) is 5.41 Å². The Kier molecular flexibility index (Phi) is 5.59. The third kappa shape index (κ3) is 3.69. The van der Waals surface area contributed by atoms with Crippen LogP contribution in [0.25, 0.3) is 44.2 Å². The fourth-order valence-electron chi connectivity index (χ4n) is 11.0. The van der Waals surface area contributed by atoms with E-state index < -0.39 is 0 Å². The molecule has 0 amide bonds. The summed E-state index contributed by atoms with van der Waals surface area (Å²) in [5, 5.41) is 2.33. The lowest BCUT2D eigenvalue weighted by Gasteiger charge is -2.61. The van der Waals surface area contributed by atoms with E-state index in [4.69, 9.17) is 4.42 Å². The van der Waals surface area contributed by atoms with Gasteiger partial charge in [-0.1, -0.05) is 84.9 Å². The average molecular weight is 620 g/mol. The maximum atomic E-state index is 6.23. The Morgan fingerprint density at radius 1 is 0.458 bits per heavy atom. The molecule has 1 heterocycles. The average Bonchev–Trinajstić information content (AvgIpc) is 3.64. The van der Waals surface area contributed by atoms with Gasteiger partial charge in [0.2, 0.25) is 0 Å². The van der Waals surface area contributed by atoms with Gasteiger partial charge in [0.1, 0.15) is 11.2 Å². The molecule has 4 bridgehead atoms. The van der Waals surface area contributed by atoms with Crippen LogP contribution in [-0.2, 0) is 5.41 Å². The van der Waals surface area contributed by atoms with Gasteiger partial charge >= 0.3 is 0 Å². The van der Waals surface area contributed by atoms with Crippen LogP contribution in [0.5, 0.6) is 0 Å². The molecule has 2 heteroatoms. The van der Waals surface area contributed by atoms with Gasteiger partial charge in [0.15, 0.2) is 0 Å². The second kappa shape index (κ2) is 9.97. The molecule has 5 aliphatic carbocycles. The van der Waals surface area contributed by atoms with E-state index >= 15 is 0 Å². The summed E-state index contributed by atoms with van der Waals surface area (Å²) >= 11 is 0. The van der Waals surface area contributed by atoms with E-state index in [1.54, 1.807) is 11.1 Å². The van der Waals surface area contributed by atoms with Crippen molar-refractivity contribution >= 4 is 39.0 Å². The molecule has 2 nitrogen and oxygen atoms in total. The number of para-hydroxylation sites is 2. The summed E-state index contributed by atoms with van der Waals surface area (Å²) in [6.45, 7) is 0. The summed E-state index contributed by atoms with van der Waals surface area (Å²) in [7, 11) is 0. The summed E-state index contributed by atoms with van der Waals surface area (Å²) in [6.07, 6.45) is 7.06. The van der Waals surface area contributed by atoms with Crippen LogP contribution in [0.2, 0.25) is 0 Å². The molecule has 1 aromatic heterocycles. The zero-order chi connectivity index (χ0) is 31.4. The Morgan fingerprint density at radius 2 is 1.08 bits per heavy atom. The zero-order valence-corrected chi connectivity index (χ0v) is 27.0. The monoisotopic (exact) mass is 619 g/mol. The number of hydrogen-bond acceptors (Lipinski definition) is 2. The minimum atomic E-state index is 0.150. The van der Waals surface area contributed by atoms with Gasteiger partial charge in [0, 0.05) is 33.2 Å². The Balaban J connectivity index is 1.03. The highest BCUT2D eigenvalue weighted by atomic mass is 16.3. The molecule has 5 aliphatic rings. The number of hydrogen-bond donors (Lipinski definition) is 0. The molecule has 0 atom stereocenters. The van der Waals surface area contributed by atoms with Gasteiger partial charge in [-0.3, -0.25) is 0 Å². The van der Waals surface area contributed by atoms with Crippen molar-refractivity contribution in [2.75, 3.05) is 4.90 Å². The molecule has 6 aromatic carbocycles. The molecular formula is C46H37NO. The summed E-state index contributed by atoms with van der Waals surface area (Å²) < 4.78 is 6.23. The molecule has 1 spiro atoms. The highest BCUT2D eigenvalue weighted by molar-refractivity contribution is 6.05. The van der Waals surface area contributed by atoms with Gasteiger partial charge in [-0.25, -0.2) is 0 Å². The molecule has 0 aliphatic heterocycles. The molecule has 0 unspecified atom stereocenters. The molecule has 48 heavy (non-hydrogen) atoms. The van der Waals surface area contributed by atoms with E-state index in [0.29, 0.717) is 0 Å². The van der Waals surface area contributed by atoms with Crippen LogP contribution >= 0.6 is 0 Å². The zero-order valence-electron chi connectivity index (χ0n) is 27.0. The maximum absolute atomic E-state index is 6.23. The van der Waals surface area contributed by atoms with Gasteiger partial charge < -0.3 is 9.32 Å². The fourth-order valence-corrected chi connectivity index (χ4v) is 11.0. The molecule has 4 fully saturated rings. The highest BCUT2D eigenvalue weighted by Crippen LogP contribution is 2.69. The second-order valence-corrected chi connectivity index (χ2v) is 15.0. The first-order valence-electron chi connectivity index (χ1n) is 17.9. The number of fused-ring (bicyclic) bond motifs is 6. The lowest BCUT2D eigenvalue weighted by molar-refractivity contribution is -0.0399. The fraction of sp³-hybridized carbons (Fsp3) is 0.217. The third-order valence-corrected chi connectivity index (χ3v) is 12.6. The molecular weight excluding hydrogens is 583 g/mol. The van der Waals surface area contributed by atoms with Gasteiger partial charge in [0.25, 0.3) is 0 Å². The minimum absolute atomic E-state index is 0.150. The number of nitrogens with zero attached hydrogens (tertiary/aromatic N) is 1. The van der Waals surface area contributed by atoms with Gasteiger partial charge in [-0.2, -0.15) is 0 Å². The summed E-state index contributed by atoms with van der Waals surface area (Å²) in [6, 6.07) is 51.7. The normalized spacial score (nSPS) is 24.8. The molecule has 4 saturated carbocycles. The van der Waals surface area contributed by atoms with Crippen LogP contribution < -0.4 is 4.90 Å². The lowest BCUT2D eigenvalue weighted by Crippen LogP contribution is -2.55. The minimum Gasteiger partial charge on any atom is -0.456 e. The molecule has 12 rings (SSSR count). The Labute approximate surface area is 281 Å². The standard InChI is InChI=1S/C46H37NO/c1-2-8-35(9-3-1)47(36-17-14-31(15-18-36)32-16-20-41-40-11-5-7-13-44(40)48-45(41)27-32)37-19-21-39-38-10-4-6-12-42(38)46(43(39)28-37)33-23-29-22-30(25-33)26-34(46)24-29/h1-21,27-30,33-34H,22-26H2. The molecule has 7 aromatic rings. The van der Waals surface area contributed by atoms with Crippen LogP contribution in [0.15, 0.2) is 144 Å². The first kappa shape index (κ1) is 26.9. The summed E-state index contributed by atoms with van der Waals surface area (Å²) in [4.78, 5) is 2.46. The predicted octanol–water partition coefficient (Wildman–Crippen LogP) is 12.4. The highest BCUT2D eigenvalue weighted by Gasteiger charge is 2.61. The van der Waals surface area contributed by atoms with Gasteiger partial charge in [0.05, 0.1) is 0 Å². The van der Waals surface area contributed by atoms with Crippen molar-refractivity contribution in [3.8, 4) is 22.3 Å².